The molecule has 6 rings (SSSR count). The molecule has 1 aliphatic heterocycles. The molecule has 0 amide bonds. The molecule has 62 heavy (non-hydrogen) atoms. The summed E-state index contributed by atoms with van der Waals surface area (Å²) >= 11 is 8.62. The minimum absolute atomic E-state index is 0.0522. The zero-order valence-electron chi connectivity index (χ0n) is 37.3. The zero-order chi connectivity index (χ0) is 45.4. The van der Waals surface area contributed by atoms with Gasteiger partial charge < -0.3 is 14.4 Å². The SMILES string of the molecule is CCCN1C(=CC=C2CCCC(C=Cc3sc4cc(C(=O)OCC)c(S(=O)(=O)OCC(C)(C)C)cc4[n+]3C)=C2Cl)C(C)(C)c2c1ccc1c(S(=O)(=O)OC(C)COC)cccc21. The van der Waals surface area contributed by atoms with Gasteiger partial charge in [0.1, 0.15) is 21.5 Å². The number of rotatable bonds is 15. The Hall–Kier alpha value is -3.89. The third kappa shape index (κ3) is 9.76. The third-order valence-electron chi connectivity index (χ3n) is 11.0. The number of nitrogens with zero attached hydrogens (tertiary/aromatic N) is 2. The van der Waals surface area contributed by atoms with Crippen molar-refractivity contribution < 1.29 is 44.0 Å². The highest BCUT2D eigenvalue weighted by Crippen LogP contribution is 2.51. The molecule has 334 valence electrons. The second-order valence-electron chi connectivity index (χ2n) is 17.5. The van der Waals surface area contributed by atoms with Crippen LogP contribution in [0.15, 0.2) is 92.4 Å². The second-order valence-corrected chi connectivity index (χ2v) is 22.1. The highest BCUT2D eigenvalue weighted by atomic mass is 35.5. The highest BCUT2D eigenvalue weighted by Gasteiger charge is 2.41. The van der Waals surface area contributed by atoms with Crippen LogP contribution >= 0.6 is 22.9 Å². The van der Waals surface area contributed by atoms with Crippen LogP contribution in [0, 0.1) is 5.41 Å². The normalized spacial score (nSPS) is 17.9. The van der Waals surface area contributed by atoms with Crippen LogP contribution in [0.5, 0.6) is 0 Å². The lowest BCUT2D eigenvalue weighted by atomic mass is 9.81. The fourth-order valence-corrected chi connectivity index (χ4v) is 12.1. The van der Waals surface area contributed by atoms with Gasteiger partial charge in [-0.05, 0) is 91.3 Å². The number of esters is 1. The van der Waals surface area contributed by atoms with Crippen molar-refractivity contribution in [2.75, 3.05) is 38.4 Å². The topological polar surface area (TPSA) is 129 Å². The Kier molecular flexibility index (Phi) is 14.3. The van der Waals surface area contributed by atoms with Gasteiger partial charge in [-0.25, -0.2) is 4.79 Å². The summed E-state index contributed by atoms with van der Waals surface area (Å²) in [5.74, 6) is -0.733. The number of ether oxygens (including phenoxy) is 2. The molecule has 1 atom stereocenters. The summed E-state index contributed by atoms with van der Waals surface area (Å²) in [5, 5.41) is 2.97. The van der Waals surface area contributed by atoms with Crippen LogP contribution in [0.25, 0.3) is 27.1 Å². The molecule has 0 saturated carbocycles. The quantitative estimate of drug-likeness (QED) is 0.0645. The number of halogens is 1. The van der Waals surface area contributed by atoms with Crippen LogP contribution in [0.2, 0.25) is 0 Å². The summed E-state index contributed by atoms with van der Waals surface area (Å²) in [6.07, 6.45) is 11.0. The van der Waals surface area contributed by atoms with Gasteiger partial charge in [-0.3, -0.25) is 8.37 Å². The minimum atomic E-state index is -4.29. The van der Waals surface area contributed by atoms with E-state index in [1.54, 1.807) is 32.0 Å². The lowest BCUT2D eigenvalue weighted by Gasteiger charge is -2.27. The van der Waals surface area contributed by atoms with E-state index >= 15 is 0 Å². The van der Waals surface area contributed by atoms with E-state index in [4.69, 9.17) is 29.4 Å². The molecule has 1 aromatic heterocycles. The first kappa shape index (κ1) is 47.6. The van der Waals surface area contributed by atoms with Gasteiger partial charge in [-0.1, -0.05) is 94.8 Å². The van der Waals surface area contributed by atoms with E-state index in [0.717, 1.165) is 70.7 Å². The molecule has 11 nitrogen and oxygen atoms in total. The van der Waals surface area contributed by atoms with Gasteiger partial charge in [-0.15, -0.1) is 0 Å². The van der Waals surface area contributed by atoms with Crippen LogP contribution in [0.1, 0.15) is 102 Å². The molecule has 15 heteroatoms. The van der Waals surface area contributed by atoms with Crippen molar-refractivity contribution in [1.29, 1.82) is 0 Å². The lowest BCUT2D eigenvalue weighted by molar-refractivity contribution is -0.642. The van der Waals surface area contributed by atoms with E-state index in [0.29, 0.717) is 20.6 Å². The summed E-state index contributed by atoms with van der Waals surface area (Å²) in [5.41, 5.74) is 4.83. The molecule has 0 radical (unpaired) electrons. The van der Waals surface area contributed by atoms with Gasteiger partial charge in [0.2, 0.25) is 5.52 Å². The Balaban J connectivity index is 1.35. The number of thiazole rings is 1. The van der Waals surface area contributed by atoms with Gasteiger partial charge >= 0.3 is 5.97 Å². The van der Waals surface area contributed by atoms with Crippen molar-refractivity contribution in [3.05, 3.63) is 98.7 Å². The molecule has 4 aromatic rings. The molecule has 3 aromatic carbocycles. The van der Waals surface area contributed by atoms with Gasteiger partial charge in [0.05, 0.1) is 31.5 Å². The first-order valence-corrected chi connectivity index (χ1v) is 24.9. The van der Waals surface area contributed by atoms with Crippen molar-refractivity contribution in [2.45, 2.75) is 102 Å². The summed E-state index contributed by atoms with van der Waals surface area (Å²) < 4.78 is 77.9. The maximum Gasteiger partial charge on any atom is 0.339 e. The number of allylic oxidation sites excluding steroid dienone is 7. The van der Waals surface area contributed by atoms with E-state index < -0.39 is 43.1 Å². The number of aromatic nitrogens is 1. The summed E-state index contributed by atoms with van der Waals surface area (Å²) in [6.45, 7) is 16.4. The van der Waals surface area contributed by atoms with Crippen LogP contribution in [-0.2, 0) is 50.5 Å². The predicted molar refractivity (Wildman–Crippen MR) is 248 cm³/mol. The maximum absolute atomic E-state index is 13.5. The largest absolute Gasteiger partial charge is 0.462 e. The molecule has 1 unspecified atom stereocenters. The summed E-state index contributed by atoms with van der Waals surface area (Å²) in [7, 11) is -5.00. The minimum Gasteiger partial charge on any atom is -0.462 e. The third-order valence-corrected chi connectivity index (χ3v) is 15.4. The summed E-state index contributed by atoms with van der Waals surface area (Å²) in [4.78, 5) is 15.3. The van der Waals surface area contributed by atoms with E-state index in [9.17, 15) is 21.6 Å². The Bertz CT molecular complexity index is 2740. The number of benzene rings is 3. The Labute approximate surface area is 375 Å². The lowest BCUT2D eigenvalue weighted by Crippen LogP contribution is -2.29. The zero-order valence-corrected chi connectivity index (χ0v) is 40.5. The molecule has 0 spiro atoms. The van der Waals surface area contributed by atoms with Crippen molar-refractivity contribution in [1.82, 2.24) is 0 Å². The fourth-order valence-electron chi connectivity index (χ4n) is 8.10. The molecule has 2 heterocycles. The van der Waals surface area contributed by atoms with Gasteiger partial charge in [0.25, 0.3) is 25.2 Å². The number of hydrogen-bond acceptors (Lipinski definition) is 11. The van der Waals surface area contributed by atoms with E-state index in [1.165, 1.54) is 24.5 Å². The smallest absolute Gasteiger partial charge is 0.339 e. The molecule has 1 aliphatic carbocycles. The standard InChI is InChI=1S/C47H58ClN2O9S3/c1-11-25-50-36-22-21-33-34(17-14-18-39(33)62(54,55)59-30(3)28-56-10)43(36)47(7,8)41(50)23-19-31-15-13-16-32(44(31)48)20-24-42-49(9)37-27-40(61(52,53)58-29-46(4,5)6)35(26-38(37)60-42)45(51)57-12-2/h14,17-24,26-27,30H,11-13,15-16,25,28-29H2,1-10H3/q+1. The van der Waals surface area contributed by atoms with Gasteiger partial charge in [0.15, 0.2) is 0 Å². The Morgan fingerprint density at radius 1 is 1.00 bits per heavy atom. The Morgan fingerprint density at radius 3 is 2.42 bits per heavy atom. The maximum atomic E-state index is 13.5. The number of methoxy groups -OCH3 is 1. The molecule has 0 saturated heterocycles. The number of carbonyl (C=O) groups is 1. The van der Waals surface area contributed by atoms with Gasteiger partial charge in [0, 0.05) is 53.0 Å². The highest BCUT2D eigenvalue weighted by molar-refractivity contribution is 7.87. The second kappa shape index (κ2) is 18.7. The summed E-state index contributed by atoms with van der Waals surface area (Å²) in [6, 6.07) is 12.3. The van der Waals surface area contributed by atoms with Crippen molar-refractivity contribution >= 4 is 81.9 Å². The number of hydrogen-bond donors (Lipinski definition) is 0. The number of anilines is 1. The first-order valence-electron chi connectivity index (χ1n) is 20.9. The Morgan fingerprint density at radius 2 is 1.74 bits per heavy atom. The van der Waals surface area contributed by atoms with Gasteiger partial charge in [-0.2, -0.15) is 21.4 Å². The average Bonchev–Trinajstić information content (AvgIpc) is 3.63. The molecular formula is C47H58ClN2O9S3+. The number of carbonyl (C=O) groups excluding carboxylic acids is 1. The first-order chi connectivity index (χ1) is 29.1. The predicted octanol–water partition coefficient (Wildman–Crippen LogP) is 10.3. The van der Waals surface area contributed by atoms with Crippen LogP contribution in [0.3, 0.4) is 0 Å². The molecule has 2 aliphatic rings. The molecular weight excluding hydrogens is 868 g/mol. The van der Waals surface area contributed by atoms with E-state index in [1.807, 2.05) is 62.7 Å². The van der Waals surface area contributed by atoms with Crippen LogP contribution in [0.4, 0.5) is 5.69 Å². The molecule has 0 bridgehead atoms. The molecule has 0 N–H and O–H groups in total. The molecule has 0 fully saturated rings. The fraction of sp³-hybridized carbons (Fsp3) is 0.447. The monoisotopic (exact) mass is 925 g/mol. The number of fused-ring (bicyclic) bond motifs is 4. The van der Waals surface area contributed by atoms with Crippen molar-refractivity contribution in [2.24, 2.45) is 12.5 Å². The van der Waals surface area contributed by atoms with Crippen LogP contribution < -0.4 is 9.47 Å². The van der Waals surface area contributed by atoms with E-state index in [2.05, 4.69) is 37.8 Å². The van der Waals surface area contributed by atoms with Crippen LogP contribution in [-0.4, -0.2) is 62.4 Å². The van der Waals surface area contributed by atoms with E-state index in [-0.39, 0.29) is 35.2 Å². The van der Waals surface area contributed by atoms with Crippen molar-refractivity contribution in [3.63, 3.8) is 0 Å². The number of aryl methyl sites for hydroxylation is 1. The van der Waals surface area contributed by atoms with Crippen molar-refractivity contribution in [3.8, 4) is 0 Å². The average molecular weight is 927 g/mol.